The summed E-state index contributed by atoms with van der Waals surface area (Å²) in [7, 11) is 0. The van der Waals surface area contributed by atoms with Crippen LogP contribution in [0.4, 0.5) is 0 Å². The summed E-state index contributed by atoms with van der Waals surface area (Å²) in [4.78, 5) is 3.23. The SMILES string of the molecule is CC1(C)C(O)CC1NCc1cccc2[nH]ccc12. The van der Waals surface area contributed by atoms with Gasteiger partial charge >= 0.3 is 0 Å². The molecule has 1 aliphatic rings. The number of hydrogen-bond acceptors (Lipinski definition) is 2. The summed E-state index contributed by atoms with van der Waals surface area (Å²) >= 11 is 0. The van der Waals surface area contributed by atoms with Crippen LogP contribution in [0.3, 0.4) is 0 Å². The van der Waals surface area contributed by atoms with Crippen molar-refractivity contribution in [3.8, 4) is 0 Å². The van der Waals surface area contributed by atoms with Gasteiger partial charge in [0, 0.05) is 35.1 Å². The number of aromatic nitrogens is 1. The molecule has 0 bridgehead atoms. The fourth-order valence-corrected chi connectivity index (χ4v) is 2.79. The Morgan fingerprint density at radius 3 is 2.94 bits per heavy atom. The van der Waals surface area contributed by atoms with Gasteiger partial charge < -0.3 is 15.4 Å². The summed E-state index contributed by atoms with van der Waals surface area (Å²) in [6.07, 6.45) is 2.67. The van der Waals surface area contributed by atoms with Crippen LogP contribution in [0.25, 0.3) is 10.9 Å². The minimum Gasteiger partial charge on any atom is -0.392 e. The van der Waals surface area contributed by atoms with Gasteiger partial charge in [-0.05, 0) is 24.1 Å². The van der Waals surface area contributed by atoms with Gasteiger partial charge in [-0.25, -0.2) is 0 Å². The number of H-pyrrole nitrogens is 1. The summed E-state index contributed by atoms with van der Waals surface area (Å²) in [5, 5.41) is 14.6. The van der Waals surface area contributed by atoms with Gasteiger partial charge in [0.1, 0.15) is 0 Å². The molecular weight excluding hydrogens is 224 g/mol. The maximum absolute atomic E-state index is 9.74. The van der Waals surface area contributed by atoms with Gasteiger partial charge in [-0.1, -0.05) is 26.0 Å². The minimum absolute atomic E-state index is 0.00789. The highest BCUT2D eigenvalue weighted by molar-refractivity contribution is 5.82. The normalized spacial score (nSPS) is 26.2. The van der Waals surface area contributed by atoms with Crippen LogP contribution in [0.5, 0.6) is 0 Å². The first kappa shape index (κ1) is 11.8. The largest absolute Gasteiger partial charge is 0.392 e. The summed E-state index contributed by atoms with van der Waals surface area (Å²) in [5.41, 5.74) is 2.49. The third-order valence-corrected chi connectivity index (χ3v) is 4.44. The molecule has 1 aromatic carbocycles. The summed E-state index contributed by atoms with van der Waals surface area (Å²) in [6, 6.07) is 8.85. The molecule has 3 N–H and O–H groups in total. The molecule has 96 valence electrons. The summed E-state index contributed by atoms with van der Waals surface area (Å²) < 4.78 is 0. The van der Waals surface area contributed by atoms with Gasteiger partial charge in [0.15, 0.2) is 0 Å². The zero-order valence-corrected chi connectivity index (χ0v) is 10.9. The van der Waals surface area contributed by atoms with Crippen LogP contribution in [0.1, 0.15) is 25.8 Å². The van der Waals surface area contributed by atoms with Crippen LogP contribution in [-0.4, -0.2) is 22.2 Å². The average molecular weight is 244 g/mol. The Hall–Kier alpha value is -1.32. The Labute approximate surface area is 107 Å². The lowest BCUT2D eigenvalue weighted by molar-refractivity contribution is -0.0729. The summed E-state index contributed by atoms with van der Waals surface area (Å²) in [5.74, 6) is 0. The molecule has 0 amide bonds. The molecule has 1 aliphatic carbocycles. The maximum Gasteiger partial charge on any atom is 0.0621 e. The van der Waals surface area contributed by atoms with E-state index in [9.17, 15) is 5.11 Å². The van der Waals surface area contributed by atoms with Gasteiger partial charge in [-0.3, -0.25) is 0 Å². The highest BCUT2D eigenvalue weighted by Gasteiger charge is 2.46. The third kappa shape index (κ3) is 1.74. The number of rotatable bonds is 3. The fourth-order valence-electron chi connectivity index (χ4n) is 2.79. The van der Waals surface area contributed by atoms with Crippen molar-refractivity contribution >= 4 is 10.9 Å². The van der Waals surface area contributed by atoms with Crippen molar-refractivity contribution in [2.24, 2.45) is 5.41 Å². The molecule has 0 radical (unpaired) electrons. The Kier molecular flexibility index (Phi) is 2.68. The van der Waals surface area contributed by atoms with Crippen molar-refractivity contribution in [2.75, 3.05) is 0 Å². The van der Waals surface area contributed by atoms with E-state index in [1.54, 1.807) is 0 Å². The molecule has 1 saturated carbocycles. The van der Waals surface area contributed by atoms with Crippen LogP contribution in [0.2, 0.25) is 0 Å². The van der Waals surface area contributed by atoms with Crippen LogP contribution >= 0.6 is 0 Å². The van der Waals surface area contributed by atoms with Crippen molar-refractivity contribution in [3.05, 3.63) is 36.0 Å². The van der Waals surface area contributed by atoms with E-state index < -0.39 is 0 Å². The quantitative estimate of drug-likeness (QED) is 0.776. The van der Waals surface area contributed by atoms with Gasteiger partial charge in [0.2, 0.25) is 0 Å². The number of benzene rings is 1. The Morgan fingerprint density at radius 2 is 2.22 bits per heavy atom. The van der Waals surface area contributed by atoms with E-state index in [1.165, 1.54) is 16.5 Å². The second-order valence-corrected chi connectivity index (χ2v) is 5.86. The maximum atomic E-state index is 9.74. The van der Waals surface area contributed by atoms with Crippen molar-refractivity contribution in [2.45, 2.75) is 39.0 Å². The average Bonchev–Trinajstić information content (AvgIpc) is 2.83. The molecule has 2 atom stereocenters. The number of aliphatic hydroxyl groups excluding tert-OH is 1. The number of aromatic amines is 1. The highest BCUT2D eigenvalue weighted by Crippen LogP contribution is 2.40. The van der Waals surface area contributed by atoms with Gasteiger partial charge in [0.05, 0.1) is 6.10 Å². The first-order valence-corrected chi connectivity index (χ1v) is 6.55. The first-order valence-electron chi connectivity index (χ1n) is 6.55. The van der Waals surface area contributed by atoms with E-state index in [-0.39, 0.29) is 11.5 Å². The molecule has 2 unspecified atom stereocenters. The number of aliphatic hydroxyl groups is 1. The van der Waals surface area contributed by atoms with E-state index in [0.29, 0.717) is 6.04 Å². The predicted octanol–water partition coefficient (Wildman–Crippen LogP) is 2.42. The fraction of sp³-hybridized carbons (Fsp3) is 0.467. The second-order valence-electron chi connectivity index (χ2n) is 5.86. The smallest absolute Gasteiger partial charge is 0.0621 e. The Balaban J connectivity index is 1.73. The Morgan fingerprint density at radius 1 is 1.39 bits per heavy atom. The van der Waals surface area contributed by atoms with Crippen molar-refractivity contribution in [3.63, 3.8) is 0 Å². The lowest BCUT2D eigenvalue weighted by Crippen LogP contribution is -2.59. The van der Waals surface area contributed by atoms with Crippen LogP contribution in [-0.2, 0) is 6.54 Å². The molecule has 3 nitrogen and oxygen atoms in total. The molecule has 1 fully saturated rings. The molecule has 0 spiro atoms. The molecule has 18 heavy (non-hydrogen) atoms. The second kappa shape index (κ2) is 4.11. The lowest BCUT2D eigenvalue weighted by Gasteiger charge is -2.49. The third-order valence-electron chi connectivity index (χ3n) is 4.44. The van der Waals surface area contributed by atoms with E-state index in [2.05, 4.69) is 48.4 Å². The number of fused-ring (bicyclic) bond motifs is 1. The van der Waals surface area contributed by atoms with Gasteiger partial charge in [0.25, 0.3) is 0 Å². The van der Waals surface area contributed by atoms with Crippen LogP contribution in [0, 0.1) is 5.41 Å². The van der Waals surface area contributed by atoms with Crippen molar-refractivity contribution in [1.82, 2.24) is 10.3 Å². The molecule has 0 aliphatic heterocycles. The topological polar surface area (TPSA) is 48.0 Å². The molecule has 2 aromatic rings. The molecule has 1 aromatic heterocycles. The molecule has 1 heterocycles. The number of nitrogens with one attached hydrogen (secondary N) is 2. The van der Waals surface area contributed by atoms with Gasteiger partial charge in [-0.15, -0.1) is 0 Å². The van der Waals surface area contributed by atoms with E-state index in [0.717, 1.165) is 13.0 Å². The molecular formula is C15H20N2O. The first-order chi connectivity index (χ1) is 8.59. The summed E-state index contributed by atoms with van der Waals surface area (Å²) in [6.45, 7) is 5.10. The van der Waals surface area contributed by atoms with Crippen LogP contribution in [0.15, 0.2) is 30.5 Å². The minimum atomic E-state index is -0.168. The highest BCUT2D eigenvalue weighted by atomic mass is 16.3. The monoisotopic (exact) mass is 244 g/mol. The molecule has 3 heteroatoms. The van der Waals surface area contributed by atoms with Crippen molar-refractivity contribution < 1.29 is 5.11 Å². The molecule has 3 rings (SSSR count). The van der Waals surface area contributed by atoms with E-state index in [4.69, 9.17) is 0 Å². The molecule has 0 saturated heterocycles. The predicted molar refractivity (Wildman–Crippen MR) is 73.3 cm³/mol. The zero-order valence-electron chi connectivity index (χ0n) is 10.9. The van der Waals surface area contributed by atoms with E-state index >= 15 is 0 Å². The number of hydrogen-bond donors (Lipinski definition) is 3. The van der Waals surface area contributed by atoms with Crippen molar-refractivity contribution in [1.29, 1.82) is 0 Å². The van der Waals surface area contributed by atoms with E-state index in [1.807, 2.05) is 6.20 Å². The Bertz CT molecular complexity index is 558. The van der Waals surface area contributed by atoms with Gasteiger partial charge in [-0.2, -0.15) is 0 Å². The lowest BCUT2D eigenvalue weighted by atomic mass is 9.64. The van der Waals surface area contributed by atoms with Crippen LogP contribution < -0.4 is 5.32 Å². The standard InChI is InChI=1S/C15H20N2O/c1-15(2)13(8-14(15)18)17-9-10-4-3-5-12-11(10)6-7-16-12/h3-7,13-14,16-18H,8-9H2,1-2H3. The zero-order chi connectivity index (χ0) is 12.8.